The third-order valence-electron chi connectivity index (χ3n) is 4.91. The van der Waals surface area contributed by atoms with E-state index in [0.29, 0.717) is 5.88 Å². The predicted molar refractivity (Wildman–Crippen MR) is 86.2 cm³/mol. The molecule has 0 aromatic carbocycles. The number of likely N-dealkylation sites (tertiary alicyclic amines) is 1. The lowest BCUT2D eigenvalue weighted by atomic mass is 9.93. The van der Waals surface area contributed by atoms with Gasteiger partial charge in [-0.15, -0.1) is 0 Å². The number of carbonyl (C=O) groups excluding carboxylic acids is 2. The van der Waals surface area contributed by atoms with Gasteiger partial charge in [0.2, 0.25) is 17.7 Å². The third kappa shape index (κ3) is 2.47. The van der Waals surface area contributed by atoms with Crippen molar-refractivity contribution in [2.75, 3.05) is 12.4 Å². The van der Waals surface area contributed by atoms with E-state index >= 15 is 0 Å². The van der Waals surface area contributed by atoms with Gasteiger partial charge >= 0.3 is 0 Å². The van der Waals surface area contributed by atoms with Crippen LogP contribution in [0.4, 0.5) is 5.88 Å². The van der Waals surface area contributed by atoms with E-state index in [4.69, 9.17) is 4.52 Å². The SMILES string of the molecule is Cc1noc(NC(=O)[C@H]2CC(=O)N(C)[C@@H]2c2cnn(C)c2C)c1C. The molecule has 1 N–H and O–H groups in total. The van der Waals surface area contributed by atoms with Gasteiger partial charge in [0.25, 0.3) is 0 Å². The van der Waals surface area contributed by atoms with Crippen LogP contribution >= 0.6 is 0 Å². The lowest BCUT2D eigenvalue weighted by molar-refractivity contribution is -0.128. The van der Waals surface area contributed by atoms with Crippen molar-refractivity contribution in [3.05, 3.63) is 28.7 Å². The maximum Gasteiger partial charge on any atom is 0.234 e. The molecule has 128 valence electrons. The van der Waals surface area contributed by atoms with Crippen LogP contribution in [0.5, 0.6) is 0 Å². The second-order valence-corrected chi connectivity index (χ2v) is 6.28. The van der Waals surface area contributed by atoms with E-state index in [1.807, 2.05) is 27.8 Å². The second kappa shape index (κ2) is 5.77. The highest BCUT2D eigenvalue weighted by Crippen LogP contribution is 2.39. The highest BCUT2D eigenvalue weighted by atomic mass is 16.5. The third-order valence-corrected chi connectivity index (χ3v) is 4.91. The van der Waals surface area contributed by atoms with Crippen LogP contribution in [0.25, 0.3) is 0 Å². The molecule has 1 aliphatic rings. The van der Waals surface area contributed by atoms with Gasteiger partial charge in [-0.05, 0) is 20.8 Å². The topological polar surface area (TPSA) is 93.3 Å². The van der Waals surface area contributed by atoms with Crippen molar-refractivity contribution in [1.82, 2.24) is 19.8 Å². The molecular weight excluding hydrogens is 310 g/mol. The first-order valence-corrected chi connectivity index (χ1v) is 7.79. The zero-order chi connectivity index (χ0) is 17.6. The van der Waals surface area contributed by atoms with Crippen molar-refractivity contribution in [1.29, 1.82) is 0 Å². The van der Waals surface area contributed by atoms with Crippen molar-refractivity contribution >= 4 is 17.7 Å². The first kappa shape index (κ1) is 16.2. The Labute approximate surface area is 139 Å². The Morgan fingerprint density at radius 2 is 2.04 bits per heavy atom. The lowest BCUT2D eigenvalue weighted by Gasteiger charge is -2.24. The van der Waals surface area contributed by atoms with Crippen molar-refractivity contribution in [3.63, 3.8) is 0 Å². The maximum absolute atomic E-state index is 12.8. The van der Waals surface area contributed by atoms with Crippen LogP contribution in [0.3, 0.4) is 0 Å². The van der Waals surface area contributed by atoms with Crippen LogP contribution in [0.15, 0.2) is 10.7 Å². The molecule has 8 nitrogen and oxygen atoms in total. The number of anilines is 1. The summed E-state index contributed by atoms with van der Waals surface area (Å²) in [5, 5.41) is 10.8. The van der Waals surface area contributed by atoms with Gasteiger partial charge in [-0.3, -0.25) is 19.6 Å². The Hall–Kier alpha value is -2.64. The van der Waals surface area contributed by atoms with E-state index < -0.39 is 5.92 Å². The molecule has 0 bridgehead atoms. The smallest absolute Gasteiger partial charge is 0.234 e. The van der Waals surface area contributed by atoms with Gasteiger partial charge in [0.05, 0.1) is 23.9 Å². The number of rotatable bonds is 3. The average molecular weight is 331 g/mol. The Balaban J connectivity index is 1.90. The Bertz CT molecular complexity index is 807. The fraction of sp³-hybridized carbons (Fsp3) is 0.500. The molecule has 0 spiro atoms. The number of hydrogen-bond acceptors (Lipinski definition) is 5. The maximum atomic E-state index is 12.8. The number of amides is 2. The van der Waals surface area contributed by atoms with Gasteiger partial charge in [-0.2, -0.15) is 5.10 Å². The fourth-order valence-electron chi connectivity index (χ4n) is 3.07. The molecule has 0 unspecified atom stereocenters. The van der Waals surface area contributed by atoms with Crippen molar-refractivity contribution in [2.24, 2.45) is 13.0 Å². The zero-order valence-electron chi connectivity index (χ0n) is 14.5. The monoisotopic (exact) mass is 331 g/mol. The Kier molecular flexibility index (Phi) is 3.90. The molecule has 3 heterocycles. The molecule has 2 atom stereocenters. The molecule has 0 aliphatic carbocycles. The number of hydrogen-bond donors (Lipinski definition) is 1. The summed E-state index contributed by atoms with van der Waals surface area (Å²) >= 11 is 0. The highest BCUT2D eigenvalue weighted by molar-refractivity contribution is 5.97. The average Bonchev–Trinajstić information content (AvgIpc) is 3.14. The number of aromatic nitrogens is 3. The molecule has 1 saturated heterocycles. The number of nitrogens with zero attached hydrogens (tertiary/aromatic N) is 4. The first-order chi connectivity index (χ1) is 11.3. The van der Waals surface area contributed by atoms with Crippen molar-refractivity contribution in [2.45, 2.75) is 33.2 Å². The van der Waals surface area contributed by atoms with Crippen molar-refractivity contribution < 1.29 is 14.1 Å². The number of aryl methyl sites for hydroxylation is 2. The minimum Gasteiger partial charge on any atom is -0.338 e. The highest BCUT2D eigenvalue weighted by Gasteiger charge is 2.44. The molecule has 1 aliphatic heterocycles. The van der Waals surface area contributed by atoms with Crippen LogP contribution in [0, 0.1) is 26.7 Å². The van der Waals surface area contributed by atoms with E-state index in [-0.39, 0.29) is 24.3 Å². The van der Waals surface area contributed by atoms with Crippen LogP contribution in [0.1, 0.15) is 35.0 Å². The van der Waals surface area contributed by atoms with E-state index in [2.05, 4.69) is 15.6 Å². The van der Waals surface area contributed by atoms with Gasteiger partial charge in [-0.25, -0.2) is 0 Å². The second-order valence-electron chi connectivity index (χ2n) is 6.28. The Morgan fingerprint density at radius 3 is 2.58 bits per heavy atom. The van der Waals surface area contributed by atoms with E-state index in [1.165, 1.54) is 0 Å². The van der Waals surface area contributed by atoms with Gasteiger partial charge < -0.3 is 9.42 Å². The molecule has 8 heteroatoms. The summed E-state index contributed by atoms with van der Waals surface area (Å²) in [4.78, 5) is 26.6. The summed E-state index contributed by atoms with van der Waals surface area (Å²) in [6, 6.07) is -0.337. The largest absolute Gasteiger partial charge is 0.338 e. The first-order valence-electron chi connectivity index (χ1n) is 7.79. The van der Waals surface area contributed by atoms with Crippen LogP contribution < -0.4 is 5.32 Å². The quantitative estimate of drug-likeness (QED) is 0.920. The van der Waals surface area contributed by atoms with Gasteiger partial charge in [0, 0.05) is 37.3 Å². The molecular formula is C16H21N5O3. The molecule has 0 radical (unpaired) electrons. The summed E-state index contributed by atoms with van der Waals surface area (Å²) in [6.45, 7) is 5.57. The van der Waals surface area contributed by atoms with Gasteiger partial charge in [0.1, 0.15) is 0 Å². The van der Waals surface area contributed by atoms with Crippen LogP contribution in [-0.2, 0) is 16.6 Å². The molecule has 24 heavy (non-hydrogen) atoms. The lowest BCUT2D eigenvalue weighted by Crippen LogP contribution is -2.30. The number of nitrogens with one attached hydrogen (secondary N) is 1. The predicted octanol–water partition coefficient (Wildman–Crippen LogP) is 1.49. The van der Waals surface area contributed by atoms with Gasteiger partial charge in [0.15, 0.2) is 0 Å². The molecule has 2 aromatic rings. The van der Waals surface area contributed by atoms with E-state index in [1.54, 1.807) is 22.8 Å². The molecule has 0 saturated carbocycles. The summed E-state index contributed by atoms with van der Waals surface area (Å²) in [6.07, 6.45) is 1.88. The zero-order valence-corrected chi connectivity index (χ0v) is 14.5. The molecule has 2 amide bonds. The minimum atomic E-state index is -0.504. The summed E-state index contributed by atoms with van der Waals surface area (Å²) in [7, 11) is 3.56. The van der Waals surface area contributed by atoms with E-state index in [0.717, 1.165) is 22.5 Å². The van der Waals surface area contributed by atoms with Crippen molar-refractivity contribution in [3.8, 4) is 0 Å². The van der Waals surface area contributed by atoms with E-state index in [9.17, 15) is 9.59 Å². The van der Waals surface area contributed by atoms with Gasteiger partial charge in [-0.1, -0.05) is 5.16 Å². The standard InChI is InChI=1S/C16H21N5O3/c1-8-9(2)19-24-16(8)18-15(23)11-6-13(22)20(4)14(11)12-7-17-21(5)10(12)3/h7,11,14H,6H2,1-5H3,(H,18,23)/t11-,14-/m0/s1. The van der Waals surface area contributed by atoms with Crippen LogP contribution in [-0.4, -0.2) is 38.7 Å². The fourth-order valence-corrected chi connectivity index (χ4v) is 3.07. The Morgan fingerprint density at radius 1 is 1.33 bits per heavy atom. The van der Waals surface area contributed by atoms with Crippen LogP contribution in [0.2, 0.25) is 0 Å². The molecule has 1 fully saturated rings. The minimum absolute atomic E-state index is 0.0612. The normalized spacial score (nSPS) is 20.7. The molecule has 2 aromatic heterocycles. The summed E-state index contributed by atoms with van der Waals surface area (Å²) < 4.78 is 6.89. The molecule has 3 rings (SSSR count). The summed E-state index contributed by atoms with van der Waals surface area (Å²) in [5.41, 5.74) is 3.34. The summed E-state index contributed by atoms with van der Waals surface area (Å²) in [5.74, 6) is -0.481. The number of carbonyl (C=O) groups is 2.